The van der Waals surface area contributed by atoms with Crippen molar-refractivity contribution in [3.63, 3.8) is 0 Å². The molecule has 0 fully saturated rings. The minimum absolute atomic E-state index is 0.0968. The van der Waals surface area contributed by atoms with Crippen LogP contribution in [0.15, 0.2) is 18.3 Å². The fraction of sp³-hybridized carbons (Fsp3) is 0.500. The first-order valence-corrected chi connectivity index (χ1v) is 8.06. The molecule has 2 N–H and O–H groups in total. The van der Waals surface area contributed by atoms with Gasteiger partial charge >= 0.3 is 0 Å². The van der Waals surface area contributed by atoms with Crippen LogP contribution in [0.5, 0.6) is 0 Å². The molecule has 1 unspecified atom stereocenters. The van der Waals surface area contributed by atoms with Gasteiger partial charge in [0, 0.05) is 39.4 Å². The monoisotopic (exact) mass is 330 g/mol. The molecular formula is C16H22N6O2. The van der Waals surface area contributed by atoms with Crippen LogP contribution >= 0.6 is 0 Å². The molecule has 0 aromatic carbocycles. The summed E-state index contributed by atoms with van der Waals surface area (Å²) in [6.07, 6.45) is 4.12. The maximum absolute atomic E-state index is 12.5. The number of rotatable bonds is 5. The van der Waals surface area contributed by atoms with Gasteiger partial charge in [-0.15, -0.1) is 10.2 Å². The van der Waals surface area contributed by atoms with E-state index in [2.05, 4.69) is 30.4 Å². The molecule has 0 aliphatic carbocycles. The zero-order valence-electron chi connectivity index (χ0n) is 14.0. The third-order valence-corrected chi connectivity index (χ3v) is 4.22. The van der Waals surface area contributed by atoms with Crippen LogP contribution in [-0.4, -0.2) is 45.9 Å². The van der Waals surface area contributed by atoms with Crippen LogP contribution in [0.1, 0.15) is 34.8 Å². The molecule has 24 heavy (non-hydrogen) atoms. The molecule has 128 valence electrons. The highest BCUT2D eigenvalue weighted by molar-refractivity contribution is 5.98. The first-order valence-electron chi connectivity index (χ1n) is 8.06. The number of nitrogens with one attached hydrogen (secondary N) is 2. The second-order valence-electron chi connectivity index (χ2n) is 5.76. The number of ether oxygens (including phenoxy) is 1. The van der Waals surface area contributed by atoms with Crippen molar-refractivity contribution in [2.24, 2.45) is 0 Å². The SMILES string of the molecule is CNc1ncccc1C(=O)NC1CCc2nnc(COC)n2CC1. The van der Waals surface area contributed by atoms with E-state index in [1.807, 2.05) is 0 Å². The number of amides is 1. The maximum Gasteiger partial charge on any atom is 0.255 e. The predicted octanol–water partition coefficient (Wildman–Crippen LogP) is 0.996. The van der Waals surface area contributed by atoms with E-state index in [0.717, 1.165) is 37.5 Å². The molecule has 1 aliphatic heterocycles. The number of hydrogen-bond donors (Lipinski definition) is 2. The first-order chi connectivity index (χ1) is 11.7. The number of methoxy groups -OCH3 is 1. The minimum Gasteiger partial charge on any atom is -0.377 e. The molecule has 1 aliphatic rings. The van der Waals surface area contributed by atoms with Crippen LogP contribution in [0.4, 0.5) is 5.82 Å². The second kappa shape index (κ2) is 7.39. The summed E-state index contributed by atoms with van der Waals surface area (Å²) in [5, 5.41) is 14.5. The van der Waals surface area contributed by atoms with Gasteiger partial charge in [-0.2, -0.15) is 0 Å². The van der Waals surface area contributed by atoms with E-state index in [0.29, 0.717) is 18.0 Å². The van der Waals surface area contributed by atoms with Crippen LogP contribution in [0, 0.1) is 0 Å². The number of nitrogens with zero attached hydrogens (tertiary/aromatic N) is 4. The summed E-state index contributed by atoms with van der Waals surface area (Å²) in [5.41, 5.74) is 0.559. The lowest BCUT2D eigenvalue weighted by Crippen LogP contribution is -2.35. The summed E-state index contributed by atoms with van der Waals surface area (Å²) in [4.78, 5) is 16.7. The molecule has 2 aromatic heterocycles. The normalized spacial score (nSPS) is 17.0. The average molecular weight is 330 g/mol. The van der Waals surface area contributed by atoms with E-state index >= 15 is 0 Å². The van der Waals surface area contributed by atoms with Gasteiger partial charge < -0.3 is 19.9 Å². The van der Waals surface area contributed by atoms with Crippen molar-refractivity contribution >= 4 is 11.7 Å². The number of aryl methyl sites for hydroxylation is 1. The van der Waals surface area contributed by atoms with Crippen molar-refractivity contribution in [3.05, 3.63) is 35.5 Å². The summed E-state index contributed by atoms with van der Waals surface area (Å²) >= 11 is 0. The largest absolute Gasteiger partial charge is 0.377 e. The van der Waals surface area contributed by atoms with Gasteiger partial charge in [0.1, 0.15) is 18.2 Å². The van der Waals surface area contributed by atoms with E-state index in [1.165, 1.54) is 0 Å². The van der Waals surface area contributed by atoms with E-state index in [4.69, 9.17) is 4.74 Å². The van der Waals surface area contributed by atoms with Crippen molar-refractivity contribution in [1.82, 2.24) is 25.1 Å². The topological polar surface area (TPSA) is 94.0 Å². The van der Waals surface area contributed by atoms with Crippen molar-refractivity contribution in [2.75, 3.05) is 19.5 Å². The molecule has 0 saturated heterocycles. The molecule has 8 heteroatoms. The number of anilines is 1. The summed E-state index contributed by atoms with van der Waals surface area (Å²) in [6.45, 7) is 1.23. The minimum atomic E-state index is -0.104. The fourth-order valence-electron chi connectivity index (χ4n) is 2.98. The molecule has 0 bridgehead atoms. The van der Waals surface area contributed by atoms with Gasteiger partial charge in [-0.1, -0.05) is 0 Å². The van der Waals surface area contributed by atoms with Gasteiger partial charge in [-0.25, -0.2) is 4.98 Å². The Morgan fingerprint density at radius 2 is 2.29 bits per heavy atom. The number of aromatic nitrogens is 4. The Morgan fingerprint density at radius 1 is 1.42 bits per heavy atom. The summed E-state index contributed by atoms with van der Waals surface area (Å²) < 4.78 is 7.26. The summed E-state index contributed by atoms with van der Waals surface area (Å²) in [5.74, 6) is 2.27. The number of fused-ring (bicyclic) bond motifs is 1. The molecule has 2 aromatic rings. The quantitative estimate of drug-likeness (QED) is 0.849. The highest BCUT2D eigenvalue weighted by atomic mass is 16.5. The van der Waals surface area contributed by atoms with Gasteiger partial charge in [-0.05, 0) is 25.0 Å². The molecule has 0 saturated carbocycles. The van der Waals surface area contributed by atoms with Gasteiger partial charge in [0.15, 0.2) is 5.82 Å². The number of hydrogen-bond acceptors (Lipinski definition) is 6. The molecule has 0 radical (unpaired) electrons. The lowest BCUT2D eigenvalue weighted by molar-refractivity contribution is 0.0933. The zero-order valence-corrected chi connectivity index (χ0v) is 14.0. The third kappa shape index (κ3) is 3.38. The van der Waals surface area contributed by atoms with Gasteiger partial charge in [0.2, 0.25) is 0 Å². The molecule has 3 heterocycles. The lowest BCUT2D eigenvalue weighted by Gasteiger charge is -2.17. The molecule has 0 spiro atoms. The Kier molecular flexibility index (Phi) is 5.05. The van der Waals surface area contributed by atoms with Crippen molar-refractivity contribution in [1.29, 1.82) is 0 Å². The Bertz CT molecular complexity index is 714. The van der Waals surface area contributed by atoms with Gasteiger partial charge in [-0.3, -0.25) is 4.79 Å². The smallest absolute Gasteiger partial charge is 0.255 e. The Balaban J connectivity index is 1.66. The van der Waals surface area contributed by atoms with Crippen LogP contribution in [0.2, 0.25) is 0 Å². The van der Waals surface area contributed by atoms with Crippen LogP contribution in [0.25, 0.3) is 0 Å². The van der Waals surface area contributed by atoms with Gasteiger partial charge in [0.25, 0.3) is 5.91 Å². The number of pyridine rings is 1. The molecule has 1 amide bonds. The second-order valence-corrected chi connectivity index (χ2v) is 5.76. The first kappa shape index (κ1) is 16.4. The molecular weight excluding hydrogens is 308 g/mol. The predicted molar refractivity (Wildman–Crippen MR) is 88.7 cm³/mol. The highest BCUT2D eigenvalue weighted by Crippen LogP contribution is 2.17. The van der Waals surface area contributed by atoms with Gasteiger partial charge in [0.05, 0.1) is 5.56 Å². The number of carbonyl (C=O) groups is 1. The third-order valence-electron chi connectivity index (χ3n) is 4.22. The maximum atomic E-state index is 12.5. The van der Waals surface area contributed by atoms with Crippen LogP contribution in [0.3, 0.4) is 0 Å². The summed E-state index contributed by atoms with van der Waals surface area (Å²) in [6, 6.07) is 3.64. The Morgan fingerprint density at radius 3 is 3.08 bits per heavy atom. The number of carbonyl (C=O) groups excluding carboxylic acids is 1. The Labute approximate surface area is 140 Å². The summed E-state index contributed by atoms with van der Waals surface area (Å²) in [7, 11) is 3.41. The van der Waals surface area contributed by atoms with Crippen molar-refractivity contribution < 1.29 is 9.53 Å². The van der Waals surface area contributed by atoms with Crippen molar-refractivity contribution in [2.45, 2.75) is 38.5 Å². The standard InChI is InChI=1S/C16H22N6O2/c1-17-15-12(4-3-8-18-15)16(23)19-11-5-6-13-20-21-14(10-24-2)22(13)9-7-11/h3-4,8,11H,5-7,9-10H2,1-2H3,(H,17,18)(H,19,23). The van der Waals surface area contributed by atoms with E-state index in [-0.39, 0.29) is 11.9 Å². The van der Waals surface area contributed by atoms with Crippen LogP contribution < -0.4 is 10.6 Å². The van der Waals surface area contributed by atoms with Crippen LogP contribution in [-0.2, 0) is 24.3 Å². The average Bonchev–Trinajstić information content (AvgIpc) is 2.87. The van der Waals surface area contributed by atoms with E-state index in [1.54, 1.807) is 32.5 Å². The zero-order chi connectivity index (χ0) is 16.9. The molecule has 8 nitrogen and oxygen atoms in total. The molecule has 1 atom stereocenters. The lowest BCUT2D eigenvalue weighted by atomic mass is 10.1. The fourth-order valence-corrected chi connectivity index (χ4v) is 2.98. The van der Waals surface area contributed by atoms with E-state index < -0.39 is 0 Å². The van der Waals surface area contributed by atoms with E-state index in [9.17, 15) is 4.79 Å². The molecule has 3 rings (SSSR count). The van der Waals surface area contributed by atoms with Crippen molar-refractivity contribution in [3.8, 4) is 0 Å². The Hall–Kier alpha value is -2.48. The highest BCUT2D eigenvalue weighted by Gasteiger charge is 2.22.